The molecule has 0 aliphatic carbocycles. The number of anilines is 1. The predicted octanol–water partition coefficient (Wildman–Crippen LogP) is 4.41. The number of amides is 2. The van der Waals surface area contributed by atoms with Gasteiger partial charge in [0.2, 0.25) is 11.8 Å². The quantitative estimate of drug-likeness (QED) is 0.386. The zero-order chi connectivity index (χ0) is 25.8. The minimum absolute atomic E-state index is 0.241. The fraction of sp³-hybridized carbons (Fsp3) is 0.233. The summed E-state index contributed by atoms with van der Waals surface area (Å²) in [4.78, 5) is 45.2. The molecule has 186 valence electrons. The van der Waals surface area contributed by atoms with Gasteiger partial charge in [-0.25, -0.2) is 4.90 Å². The van der Waals surface area contributed by atoms with E-state index in [0.29, 0.717) is 22.7 Å². The van der Waals surface area contributed by atoms with Gasteiger partial charge in [0.05, 0.1) is 37.8 Å². The number of fused-ring (bicyclic) bond motifs is 5. The van der Waals surface area contributed by atoms with Crippen LogP contribution in [0, 0.1) is 18.8 Å². The van der Waals surface area contributed by atoms with Crippen LogP contribution in [0.25, 0.3) is 6.08 Å². The zero-order valence-electron chi connectivity index (χ0n) is 20.8. The van der Waals surface area contributed by atoms with Crippen LogP contribution in [0.3, 0.4) is 0 Å². The Balaban J connectivity index is 1.48. The van der Waals surface area contributed by atoms with Gasteiger partial charge in [-0.3, -0.25) is 14.4 Å². The maximum atomic E-state index is 14.1. The van der Waals surface area contributed by atoms with Crippen molar-refractivity contribution in [1.82, 2.24) is 4.90 Å². The molecule has 3 aromatic carbocycles. The number of carbonyl (C=O) groups is 3. The molecule has 3 heterocycles. The van der Waals surface area contributed by atoms with Crippen LogP contribution in [0.15, 0.2) is 72.9 Å². The lowest BCUT2D eigenvalue weighted by molar-refractivity contribution is -0.123. The highest BCUT2D eigenvalue weighted by Crippen LogP contribution is 2.53. The molecule has 3 aliphatic heterocycles. The lowest BCUT2D eigenvalue weighted by Crippen LogP contribution is -2.44. The second-order valence-electron chi connectivity index (χ2n) is 9.61. The number of aryl methyl sites for hydroxylation is 1. The Hall–Kier alpha value is -4.39. The highest BCUT2D eigenvalue weighted by Gasteiger charge is 2.64. The lowest BCUT2D eigenvalue weighted by atomic mass is 9.83. The molecule has 0 N–H and O–H groups in total. The molecule has 0 radical (unpaired) electrons. The number of imide groups is 1. The number of carbonyl (C=O) groups excluding carboxylic acids is 3. The molecule has 7 nitrogen and oxygen atoms in total. The second kappa shape index (κ2) is 8.62. The number of rotatable bonds is 5. The van der Waals surface area contributed by atoms with Crippen LogP contribution in [-0.2, 0) is 9.59 Å². The molecule has 7 heteroatoms. The minimum atomic E-state index is -0.843. The van der Waals surface area contributed by atoms with Crippen molar-refractivity contribution in [2.45, 2.75) is 19.0 Å². The van der Waals surface area contributed by atoms with Crippen LogP contribution in [0.2, 0.25) is 0 Å². The number of Topliss-reactive ketones (excluding diaryl/α,β-unsaturated/α-hetero) is 1. The predicted molar refractivity (Wildman–Crippen MR) is 138 cm³/mol. The van der Waals surface area contributed by atoms with Gasteiger partial charge in [0.25, 0.3) is 0 Å². The average Bonchev–Trinajstić information content (AvgIpc) is 3.40. The first kappa shape index (κ1) is 23.0. The van der Waals surface area contributed by atoms with Crippen LogP contribution in [-0.4, -0.2) is 42.8 Å². The third-order valence-electron chi connectivity index (χ3n) is 7.69. The van der Waals surface area contributed by atoms with Gasteiger partial charge in [0.15, 0.2) is 17.3 Å². The summed E-state index contributed by atoms with van der Waals surface area (Å²) >= 11 is 0. The topological polar surface area (TPSA) is 76.2 Å². The number of methoxy groups -OCH3 is 2. The monoisotopic (exact) mass is 494 g/mol. The van der Waals surface area contributed by atoms with Crippen LogP contribution >= 0.6 is 0 Å². The van der Waals surface area contributed by atoms with Gasteiger partial charge < -0.3 is 14.4 Å². The number of hydrogen-bond donors (Lipinski definition) is 0. The summed E-state index contributed by atoms with van der Waals surface area (Å²) in [6, 6.07) is 18.9. The van der Waals surface area contributed by atoms with E-state index in [2.05, 4.69) is 0 Å². The van der Waals surface area contributed by atoms with Crippen molar-refractivity contribution in [3.63, 3.8) is 0 Å². The Labute approximate surface area is 214 Å². The highest BCUT2D eigenvalue weighted by atomic mass is 16.5. The van der Waals surface area contributed by atoms with Crippen molar-refractivity contribution in [3.8, 4) is 11.5 Å². The molecular weight excluding hydrogens is 468 g/mol. The summed E-state index contributed by atoms with van der Waals surface area (Å²) in [5.74, 6) is -1.45. The van der Waals surface area contributed by atoms with Crippen molar-refractivity contribution in [2.75, 3.05) is 19.1 Å². The Kier molecular flexibility index (Phi) is 5.37. The lowest BCUT2D eigenvalue weighted by Gasteiger charge is -2.35. The van der Waals surface area contributed by atoms with E-state index >= 15 is 0 Å². The molecule has 0 bridgehead atoms. The molecule has 2 amide bonds. The van der Waals surface area contributed by atoms with E-state index in [1.165, 1.54) is 19.1 Å². The minimum Gasteiger partial charge on any atom is -0.493 e. The zero-order valence-corrected chi connectivity index (χ0v) is 20.8. The molecule has 2 saturated heterocycles. The van der Waals surface area contributed by atoms with Crippen LogP contribution in [0.1, 0.15) is 33.1 Å². The molecule has 3 aromatic rings. The summed E-state index contributed by atoms with van der Waals surface area (Å²) in [5.41, 5.74) is 3.87. The third kappa shape index (κ3) is 3.38. The Morgan fingerprint density at radius 3 is 2.27 bits per heavy atom. The first-order valence-corrected chi connectivity index (χ1v) is 12.2. The van der Waals surface area contributed by atoms with E-state index in [0.717, 1.165) is 16.7 Å². The second-order valence-corrected chi connectivity index (χ2v) is 9.61. The van der Waals surface area contributed by atoms with Gasteiger partial charge in [-0.15, -0.1) is 0 Å². The van der Waals surface area contributed by atoms with Crippen molar-refractivity contribution in [2.24, 2.45) is 11.8 Å². The van der Waals surface area contributed by atoms with E-state index < -0.39 is 23.9 Å². The van der Waals surface area contributed by atoms with Crippen molar-refractivity contribution in [1.29, 1.82) is 0 Å². The summed E-state index contributed by atoms with van der Waals surface area (Å²) < 4.78 is 10.7. The van der Waals surface area contributed by atoms with Gasteiger partial charge in [-0.05, 0) is 54.5 Å². The number of hydrogen-bond acceptors (Lipinski definition) is 6. The summed E-state index contributed by atoms with van der Waals surface area (Å²) in [5, 5.41) is 0. The molecule has 3 aliphatic rings. The molecule has 0 saturated carbocycles. The van der Waals surface area contributed by atoms with E-state index in [4.69, 9.17) is 9.47 Å². The van der Waals surface area contributed by atoms with Crippen LogP contribution in [0.4, 0.5) is 5.69 Å². The Morgan fingerprint density at radius 1 is 0.838 bits per heavy atom. The number of ketones is 1. The fourth-order valence-electron chi connectivity index (χ4n) is 5.97. The first-order chi connectivity index (χ1) is 17.9. The fourth-order valence-corrected chi connectivity index (χ4v) is 5.97. The van der Waals surface area contributed by atoms with Crippen molar-refractivity contribution < 1.29 is 23.9 Å². The highest BCUT2D eigenvalue weighted by molar-refractivity contribution is 6.24. The molecule has 0 unspecified atom stereocenters. The number of nitrogens with zero attached hydrogens (tertiary/aromatic N) is 2. The average molecular weight is 495 g/mol. The Bertz CT molecular complexity index is 1460. The standard InChI is InChI=1S/C30H26N2O5/c1-17-8-11-20(12-9-17)32-29(34)24-25(30(32)35)27(28(33)19-10-13-22(36-2)23(16-19)37-3)31-15-14-18-6-4-5-7-21(18)26(24)31/h4-16,24-27H,1-3H3/t24-,25-,26+,27+/m1/s1. The van der Waals surface area contributed by atoms with Crippen molar-refractivity contribution in [3.05, 3.63) is 95.2 Å². The van der Waals surface area contributed by atoms with E-state index in [1.54, 1.807) is 30.3 Å². The van der Waals surface area contributed by atoms with Gasteiger partial charge >= 0.3 is 0 Å². The Morgan fingerprint density at radius 2 is 1.54 bits per heavy atom. The normalized spacial score (nSPS) is 23.5. The van der Waals surface area contributed by atoms with Crippen molar-refractivity contribution >= 4 is 29.4 Å². The molecule has 0 aromatic heterocycles. The third-order valence-corrected chi connectivity index (χ3v) is 7.69. The van der Waals surface area contributed by atoms with Gasteiger partial charge in [-0.2, -0.15) is 0 Å². The van der Waals surface area contributed by atoms with Gasteiger partial charge in [-0.1, -0.05) is 42.0 Å². The summed E-state index contributed by atoms with van der Waals surface area (Å²) in [6.07, 6.45) is 3.79. The largest absolute Gasteiger partial charge is 0.493 e. The molecule has 0 spiro atoms. The maximum absolute atomic E-state index is 14.1. The SMILES string of the molecule is COc1ccc(C(=O)[C@@H]2[C@@H]3C(=O)N(c4ccc(C)cc4)C(=O)[C@H]3[C@@H]3c4ccccc4C=CN23)cc1OC. The van der Waals surface area contributed by atoms with Gasteiger partial charge in [0.1, 0.15) is 6.04 Å². The molecule has 4 atom stereocenters. The van der Waals surface area contributed by atoms with Crippen LogP contribution < -0.4 is 14.4 Å². The van der Waals surface area contributed by atoms with E-state index in [1.807, 2.05) is 60.5 Å². The molecule has 2 fully saturated rings. The van der Waals surface area contributed by atoms with Gasteiger partial charge in [0, 0.05) is 11.8 Å². The van der Waals surface area contributed by atoms with E-state index in [-0.39, 0.29) is 17.6 Å². The first-order valence-electron chi connectivity index (χ1n) is 12.2. The maximum Gasteiger partial charge on any atom is 0.240 e. The molecular formula is C30H26N2O5. The molecule has 6 rings (SSSR count). The number of benzene rings is 3. The smallest absolute Gasteiger partial charge is 0.240 e. The van der Waals surface area contributed by atoms with Crippen LogP contribution in [0.5, 0.6) is 11.5 Å². The summed E-state index contributed by atoms with van der Waals surface area (Å²) in [6.45, 7) is 1.95. The number of ether oxygens (including phenoxy) is 2. The molecule has 37 heavy (non-hydrogen) atoms. The summed E-state index contributed by atoms with van der Waals surface area (Å²) in [7, 11) is 3.04. The van der Waals surface area contributed by atoms with E-state index in [9.17, 15) is 14.4 Å².